The van der Waals surface area contributed by atoms with Gasteiger partial charge >= 0.3 is 0 Å². The van der Waals surface area contributed by atoms with Crippen LogP contribution in [0.25, 0.3) is 10.9 Å². The number of fused-ring (bicyclic) bond motifs is 1. The molecule has 1 spiro atoms. The van der Waals surface area contributed by atoms with Crippen LogP contribution in [0.4, 0.5) is 0 Å². The molecular weight excluding hydrogens is 330 g/mol. The molecule has 2 aliphatic heterocycles. The number of ether oxygens (including phenoxy) is 1. The number of nitrogens with zero attached hydrogens (tertiary/aromatic N) is 3. The minimum absolute atomic E-state index is 0.000526. The zero-order valence-corrected chi connectivity index (χ0v) is 15.6. The fourth-order valence-corrected chi connectivity index (χ4v) is 4.51. The molecule has 0 bridgehead atoms. The highest BCUT2D eigenvalue weighted by Gasteiger charge is 2.48. The van der Waals surface area contributed by atoms with Crippen molar-refractivity contribution in [3.8, 4) is 5.75 Å². The average Bonchev–Trinajstić information content (AvgIpc) is 3.21. The standard InChI is InChI=1S/C20H25N3O3/c1-21-9-4-7-20(19(21)25)8-10-23(13-20)18(24)17-12-14-11-15(26-3)5-6-16(14)22(17)2/h5-6,11-12H,4,7-10,13H2,1-3H3/t20-/m0/s1. The molecule has 0 radical (unpaired) electrons. The van der Waals surface area contributed by atoms with Gasteiger partial charge in [-0.05, 0) is 43.5 Å². The van der Waals surface area contributed by atoms with E-state index in [-0.39, 0.29) is 17.2 Å². The van der Waals surface area contributed by atoms with Gasteiger partial charge in [0.15, 0.2) is 0 Å². The molecule has 2 aromatic rings. The minimum Gasteiger partial charge on any atom is -0.497 e. The Morgan fingerprint density at radius 2 is 1.96 bits per heavy atom. The van der Waals surface area contributed by atoms with Crippen LogP contribution in [0, 0.1) is 5.41 Å². The maximum atomic E-state index is 13.2. The van der Waals surface area contributed by atoms with Gasteiger partial charge in [-0.25, -0.2) is 0 Å². The molecule has 1 aromatic carbocycles. The quantitative estimate of drug-likeness (QED) is 0.830. The number of aromatic nitrogens is 1. The Balaban J connectivity index is 1.62. The summed E-state index contributed by atoms with van der Waals surface area (Å²) in [6, 6.07) is 7.73. The first-order chi connectivity index (χ1) is 12.4. The highest BCUT2D eigenvalue weighted by molar-refractivity contribution is 5.99. The van der Waals surface area contributed by atoms with Gasteiger partial charge in [-0.15, -0.1) is 0 Å². The zero-order valence-electron chi connectivity index (χ0n) is 15.6. The van der Waals surface area contributed by atoms with Crippen LogP contribution in [0.15, 0.2) is 24.3 Å². The summed E-state index contributed by atoms with van der Waals surface area (Å²) < 4.78 is 7.21. The van der Waals surface area contributed by atoms with Gasteiger partial charge in [-0.2, -0.15) is 0 Å². The third kappa shape index (κ3) is 2.47. The molecule has 2 fully saturated rings. The van der Waals surface area contributed by atoms with Gasteiger partial charge in [0, 0.05) is 44.6 Å². The fraction of sp³-hybridized carbons (Fsp3) is 0.500. The molecule has 6 nitrogen and oxygen atoms in total. The van der Waals surface area contributed by atoms with Crippen LogP contribution in [0.2, 0.25) is 0 Å². The molecule has 138 valence electrons. The zero-order chi connectivity index (χ0) is 18.5. The maximum Gasteiger partial charge on any atom is 0.270 e. The molecule has 1 aromatic heterocycles. The predicted molar refractivity (Wildman–Crippen MR) is 99.3 cm³/mol. The Morgan fingerprint density at radius 1 is 1.15 bits per heavy atom. The first kappa shape index (κ1) is 16.9. The molecule has 0 aliphatic carbocycles. The maximum absolute atomic E-state index is 13.2. The predicted octanol–water partition coefficient (Wildman–Crippen LogP) is 2.27. The Labute approximate surface area is 153 Å². The summed E-state index contributed by atoms with van der Waals surface area (Å²) in [6.45, 7) is 1.99. The van der Waals surface area contributed by atoms with E-state index < -0.39 is 0 Å². The fourth-order valence-electron chi connectivity index (χ4n) is 4.51. The molecule has 26 heavy (non-hydrogen) atoms. The van der Waals surface area contributed by atoms with Crippen LogP contribution >= 0.6 is 0 Å². The van der Waals surface area contributed by atoms with Crippen molar-refractivity contribution in [2.45, 2.75) is 19.3 Å². The molecular formula is C20H25N3O3. The van der Waals surface area contributed by atoms with Gasteiger partial charge in [0.25, 0.3) is 5.91 Å². The van der Waals surface area contributed by atoms with Crippen molar-refractivity contribution in [3.05, 3.63) is 30.0 Å². The van der Waals surface area contributed by atoms with Crippen molar-refractivity contribution >= 4 is 22.7 Å². The summed E-state index contributed by atoms with van der Waals surface area (Å²) in [6.07, 6.45) is 2.66. The van der Waals surface area contributed by atoms with Crippen LogP contribution in [0.5, 0.6) is 5.75 Å². The largest absolute Gasteiger partial charge is 0.497 e. The molecule has 0 unspecified atom stereocenters. The number of benzene rings is 1. The minimum atomic E-state index is -0.379. The van der Waals surface area contributed by atoms with E-state index in [1.165, 1.54) is 0 Å². The third-order valence-corrected chi connectivity index (χ3v) is 6.06. The van der Waals surface area contributed by atoms with Gasteiger partial charge in [0.2, 0.25) is 5.91 Å². The van der Waals surface area contributed by atoms with Crippen molar-refractivity contribution in [1.82, 2.24) is 14.4 Å². The third-order valence-electron chi connectivity index (χ3n) is 6.06. The van der Waals surface area contributed by atoms with Crippen molar-refractivity contribution in [2.75, 3.05) is 33.8 Å². The lowest BCUT2D eigenvalue weighted by molar-refractivity contribution is -0.143. The monoisotopic (exact) mass is 355 g/mol. The molecule has 4 rings (SSSR count). The molecule has 6 heteroatoms. The van der Waals surface area contributed by atoms with Crippen molar-refractivity contribution in [3.63, 3.8) is 0 Å². The van der Waals surface area contributed by atoms with E-state index >= 15 is 0 Å². The van der Waals surface area contributed by atoms with Gasteiger partial charge in [0.05, 0.1) is 12.5 Å². The number of carbonyl (C=O) groups excluding carboxylic acids is 2. The van der Waals surface area contributed by atoms with E-state index in [0.29, 0.717) is 18.8 Å². The number of amides is 2. The van der Waals surface area contributed by atoms with Crippen molar-refractivity contribution in [2.24, 2.45) is 12.5 Å². The molecule has 2 saturated heterocycles. The number of hydrogen-bond acceptors (Lipinski definition) is 3. The topological polar surface area (TPSA) is 54.8 Å². The lowest BCUT2D eigenvalue weighted by Gasteiger charge is -2.37. The van der Waals surface area contributed by atoms with Gasteiger partial charge in [-0.1, -0.05) is 0 Å². The molecule has 0 saturated carbocycles. The van der Waals surface area contributed by atoms with E-state index in [4.69, 9.17) is 4.74 Å². The van der Waals surface area contributed by atoms with Crippen molar-refractivity contribution < 1.29 is 14.3 Å². The Hall–Kier alpha value is -2.50. The molecule has 0 N–H and O–H groups in total. The Morgan fingerprint density at radius 3 is 2.73 bits per heavy atom. The van der Waals surface area contributed by atoms with E-state index in [2.05, 4.69) is 0 Å². The van der Waals surface area contributed by atoms with E-state index in [1.54, 1.807) is 7.11 Å². The smallest absolute Gasteiger partial charge is 0.270 e. The summed E-state index contributed by atoms with van der Waals surface area (Å²) in [5.41, 5.74) is 1.27. The van der Waals surface area contributed by atoms with Crippen LogP contribution in [-0.4, -0.2) is 60.0 Å². The van der Waals surface area contributed by atoms with E-state index in [0.717, 1.165) is 42.5 Å². The number of hydrogen-bond donors (Lipinski definition) is 0. The highest BCUT2D eigenvalue weighted by Crippen LogP contribution is 2.40. The van der Waals surface area contributed by atoms with Gasteiger partial charge < -0.3 is 19.1 Å². The first-order valence-corrected chi connectivity index (χ1v) is 9.13. The van der Waals surface area contributed by atoms with Crippen LogP contribution in [0.3, 0.4) is 0 Å². The number of carbonyl (C=O) groups is 2. The summed E-state index contributed by atoms with van der Waals surface area (Å²) in [5, 5.41) is 0.984. The summed E-state index contributed by atoms with van der Waals surface area (Å²) in [4.78, 5) is 29.5. The number of likely N-dealkylation sites (tertiary alicyclic amines) is 2. The second kappa shape index (κ2) is 6.04. The summed E-state index contributed by atoms with van der Waals surface area (Å²) in [5.74, 6) is 0.972. The lowest BCUT2D eigenvalue weighted by atomic mass is 9.78. The van der Waals surface area contributed by atoms with Crippen molar-refractivity contribution in [1.29, 1.82) is 0 Å². The van der Waals surface area contributed by atoms with Crippen LogP contribution in [-0.2, 0) is 11.8 Å². The van der Waals surface area contributed by atoms with Gasteiger partial charge in [0.1, 0.15) is 11.4 Å². The number of methoxy groups -OCH3 is 1. The number of piperidine rings is 1. The Bertz CT molecular complexity index is 888. The lowest BCUT2D eigenvalue weighted by Crippen LogP contribution is -2.48. The first-order valence-electron chi connectivity index (χ1n) is 9.13. The average molecular weight is 355 g/mol. The van der Waals surface area contributed by atoms with E-state index in [1.807, 2.05) is 52.7 Å². The van der Waals surface area contributed by atoms with E-state index in [9.17, 15) is 9.59 Å². The van der Waals surface area contributed by atoms with Crippen LogP contribution < -0.4 is 4.74 Å². The molecule has 1 atom stereocenters. The van der Waals surface area contributed by atoms with Crippen LogP contribution in [0.1, 0.15) is 29.8 Å². The molecule has 3 heterocycles. The molecule has 2 aliphatic rings. The Kier molecular flexibility index (Phi) is 3.93. The molecule has 2 amide bonds. The SMILES string of the molecule is COc1ccc2c(c1)cc(C(=O)N1CC[C@@]3(CCCN(C)C3=O)C1)n2C. The van der Waals surface area contributed by atoms with Gasteiger partial charge in [-0.3, -0.25) is 9.59 Å². The highest BCUT2D eigenvalue weighted by atomic mass is 16.5. The summed E-state index contributed by atoms with van der Waals surface area (Å²) in [7, 11) is 5.41. The second-order valence-corrected chi connectivity index (χ2v) is 7.60. The normalized spacial score (nSPS) is 23.3. The second-order valence-electron chi connectivity index (χ2n) is 7.60. The number of aryl methyl sites for hydroxylation is 1. The number of rotatable bonds is 2. The summed E-state index contributed by atoms with van der Waals surface area (Å²) >= 11 is 0.